The summed E-state index contributed by atoms with van der Waals surface area (Å²) >= 11 is 0. The molecule has 3 fully saturated rings. The number of ether oxygens (including phenoxy) is 1. The Morgan fingerprint density at radius 3 is 2.57 bits per heavy atom. The second-order valence-electron chi connectivity index (χ2n) is 8.42. The standard InChI is InChI=1S/C22H24F2N4O2/c1-21(23,24)17-13-18(26-14-25-17)27-11-9-22(10-12-27)20(29)28-16(7-8-19(28)30-22)15-5-3-2-4-6-15/h2-6,13-14,16,19H,7-12H2,1H3/t16-,19+/m0/s1. The lowest BCUT2D eigenvalue weighted by Crippen LogP contribution is -2.50. The van der Waals surface area contributed by atoms with Gasteiger partial charge >= 0.3 is 0 Å². The van der Waals surface area contributed by atoms with E-state index >= 15 is 0 Å². The van der Waals surface area contributed by atoms with Gasteiger partial charge in [0.15, 0.2) is 5.60 Å². The fraction of sp³-hybridized carbons (Fsp3) is 0.500. The van der Waals surface area contributed by atoms with Crippen molar-refractivity contribution >= 4 is 11.7 Å². The third kappa shape index (κ3) is 3.14. The fourth-order valence-electron chi connectivity index (χ4n) is 4.90. The maximum Gasteiger partial charge on any atom is 0.287 e. The Balaban J connectivity index is 1.32. The van der Waals surface area contributed by atoms with Crippen molar-refractivity contribution < 1.29 is 18.3 Å². The molecule has 3 aliphatic rings. The van der Waals surface area contributed by atoms with Gasteiger partial charge < -0.3 is 14.5 Å². The lowest BCUT2D eigenvalue weighted by Gasteiger charge is -2.38. The summed E-state index contributed by atoms with van der Waals surface area (Å²) in [4.78, 5) is 25.1. The summed E-state index contributed by atoms with van der Waals surface area (Å²) in [6.45, 7) is 1.87. The molecule has 3 saturated heterocycles. The van der Waals surface area contributed by atoms with Crippen molar-refractivity contribution in [3.63, 3.8) is 0 Å². The van der Waals surface area contributed by atoms with Crippen molar-refractivity contribution in [2.24, 2.45) is 0 Å². The van der Waals surface area contributed by atoms with Crippen LogP contribution in [-0.4, -0.2) is 45.7 Å². The minimum Gasteiger partial charge on any atom is -0.356 e. The normalized spacial score (nSPS) is 25.8. The maximum atomic E-state index is 13.6. The van der Waals surface area contributed by atoms with Crippen LogP contribution in [0.15, 0.2) is 42.7 Å². The number of carbonyl (C=O) groups is 1. The molecule has 0 bridgehead atoms. The first-order chi connectivity index (χ1) is 14.4. The van der Waals surface area contributed by atoms with Crippen LogP contribution in [-0.2, 0) is 15.5 Å². The molecule has 0 radical (unpaired) electrons. The molecule has 5 rings (SSSR count). The van der Waals surface area contributed by atoms with Gasteiger partial charge in [-0.2, -0.15) is 8.78 Å². The molecule has 1 amide bonds. The van der Waals surface area contributed by atoms with Crippen molar-refractivity contribution in [2.75, 3.05) is 18.0 Å². The summed E-state index contributed by atoms with van der Waals surface area (Å²) in [7, 11) is 0. The molecular formula is C22H24F2N4O2. The van der Waals surface area contributed by atoms with Crippen LogP contribution in [0.25, 0.3) is 0 Å². The van der Waals surface area contributed by atoms with Crippen LogP contribution in [0.2, 0.25) is 0 Å². The summed E-state index contributed by atoms with van der Waals surface area (Å²) in [5, 5.41) is 0. The molecule has 3 aliphatic heterocycles. The van der Waals surface area contributed by atoms with E-state index in [1.54, 1.807) is 0 Å². The number of alkyl halides is 2. The molecule has 1 spiro atoms. The molecule has 2 atom stereocenters. The highest BCUT2D eigenvalue weighted by molar-refractivity contribution is 5.88. The first-order valence-corrected chi connectivity index (χ1v) is 10.4. The lowest BCUT2D eigenvalue weighted by atomic mass is 9.89. The Morgan fingerprint density at radius 1 is 1.13 bits per heavy atom. The van der Waals surface area contributed by atoms with Crippen LogP contribution in [0.3, 0.4) is 0 Å². The molecule has 158 valence electrons. The predicted octanol–water partition coefficient (Wildman–Crippen LogP) is 3.65. The molecule has 6 nitrogen and oxygen atoms in total. The first kappa shape index (κ1) is 19.4. The van der Waals surface area contributed by atoms with Crippen molar-refractivity contribution in [2.45, 2.75) is 56.4 Å². The number of benzene rings is 1. The van der Waals surface area contributed by atoms with E-state index in [0.717, 1.165) is 25.3 Å². The van der Waals surface area contributed by atoms with Gasteiger partial charge in [-0.25, -0.2) is 9.97 Å². The zero-order valence-electron chi connectivity index (χ0n) is 16.8. The number of hydrogen-bond acceptors (Lipinski definition) is 5. The number of hydrogen-bond donors (Lipinski definition) is 0. The number of halogens is 2. The molecule has 1 aromatic carbocycles. The topological polar surface area (TPSA) is 58.6 Å². The molecule has 0 saturated carbocycles. The van der Waals surface area contributed by atoms with Crippen LogP contribution < -0.4 is 4.90 Å². The Labute approximate surface area is 173 Å². The Morgan fingerprint density at radius 2 is 1.87 bits per heavy atom. The lowest BCUT2D eigenvalue weighted by molar-refractivity contribution is -0.140. The van der Waals surface area contributed by atoms with E-state index in [-0.39, 0.29) is 23.9 Å². The summed E-state index contributed by atoms with van der Waals surface area (Å²) in [6, 6.07) is 11.5. The molecule has 2 aromatic rings. The molecule has 1 aromatic heterocycles. The highest BCUT2D eigenvalue weighted by Gasteiger charge is 2.58. The molecule has 4 heterocycles. The number of rotatable bonds is 3. The van der Waals surface area contributed by atoms with E-state index in [4.69, 9.17) is 4.74 Å². The zero-order valence-corrected chi connectivity index (χ0v) is 16.8. The minimum atomic E-state index is -3.02. The van der Waals surface area contributed by atoms with Crippen molar-refractivity contribution in [1.29, 1.82) is 0 Å². The van der Waals surface area contributed by atoms with Gasteiger partial charge in [0.05, 0.1) is 6.04 Å². The number of nitrogens with zero attached hydrogens (tertiary/aromatic N) is 4. The number of fused-ring (bicyclic) bond motifs is 1. The van der Waals surface area contributed by atoms with Crippen LogP contribution in [0.5, 0.6) is 0 Å². The van der Waals surface area contributed by atoms with Crippen LogP contribution in [0, 0.1) is 0 Å². The molecule has 30 heavy (non-hydrogen) atoms. The number of carbonyl (C=O) groups excluding carboxylic acids is 1. The quantitative estimate of drug-likeness (QED) is 0.768. The van der Waals surface area contributed by atoms with Crippen LogP contribution in [0.1, 0.15) is 49.9 Å². The van der Waals surface area contributed by atoms with Gasteiger partial charge in [0.2, 0.25) is 0 Å². The third-order valence-corrected chi connectivity index (χ3v) is 6.50. The number of piperidine rings is 1. The largest absolute Gasteiger partial charge is 0.356 e. The Kier molecular flexibility index (Phi) is 4.50. The van der Waals surface area contributed by atoms with Gasteiger partial charge in [-0.3, -0.25) is 4.79 Å². The summed E-state index contributed by atoms with van der Waals surface area (Å²) in [5.41, 5.74) is 0.0203. The number of aromatic nitrogens is 2. The molecule has 0 unspecified atom stereocenters. The van der Waals surface area contributed by atoms with Gasteiger partial charge in [-0.05, 0) is 18.4 Å². The Bertz CT molecular complexity index is 942. The zero-order chi connectivity index (χ0) is 20.9. The average molecular weight is 414 g/mol. The second-order valence-corrected chi connectivity index (χ2v) is 8.42. The first-order valence-electron chi connectivity index (χ1n) is 10.4. The van der Waals surface area contributed by atoms with Gasteiger partial charge in [0.25, 0.3) is 11.8 Å². The smallest absolute Gasteiger partial charge is 0.287 e. The van der Waals surface area contributed by atoms with Crippen LogP contribution in [0.4, 0.5) is 14.6 Å². The Hall–Kier alpha value is -2.61. The molecule has 8 heteroatoms. The summed E-state index contributed by atoms with van der Waals surface area (Å²) in [6.07, 6.45) is 3.75. The summed E-state index contributed by atoms with van der Waals surface area (Å²) in [5.74, 6) is -2.50. The average Bonchev–Trinajstić information content (AvgIpc) is 3.27. The minimum absolute atomic E-state index is 0.0531. The van der Waals surface area contributed by atoms with E-state index in [1.165, 1.54) is 12.4 Å². The van der Waals surface area contributed by atoms with E-state index in [2.05, 4.69) is 22.1 Å². The van der Waals surface area contributed by atoms with Crippen molar-refractivity contribution in [3.8, 4) is 0 Å². The van der Waals surface area contributed by atoms with Gasteiger partial charge in [-0.15, -0.1) is 0 Å². The maximum absolute atomic E-state index is 13.6. The van der Waals surface area contributed by atoms with Crippen LogP contribution >= 0.6 is 0 Å². The molecular weight excluding hydrogens is 390 g/mol. The third-order valence-electron chi connectivity index (χ3n) is 6.50. The number of amides is 1. The van der Waals surface area contributed by atoms with Crippen molar-refractivity contribution in [1.82, 2.24) is 14.9 Å². The van der Waals surface area contributed by atoms with Gasteiger partial charge in [-0.1, -0.05) is 30.3 Å². The molecule has 0 aliphatic carbocycles. The fourth-order valence-corrected chi connectivity index (χ4v) is 4.90. The summed E-state index contributed by atoms with van der Waals surface area (Å²) < 4.78 is 33.6. The second kappa shape index (κ2) is 6.97. The van der Waals surface area contributed by atoms with E-state index in [0.29, 0.717) is 31.7 Å². The van der Waals surface area contributed by atoms with Crippen molar-refractivity contribution in [3.05, 3.63) is 54.0 Å². The van der Waals surface area contributed by atoms with E-state index in [1.807, 2.05) is 28.0 Å². The van der Waals surface area contributed by atoms with Gasteiger partial charge in [0.1, 0.15) is 24.1 Å². The monoisotopic (exact) mass is 414 g/mol. The van der Waals surface area contributed by atoms with E-state index < -0.39 is 11.5 Å². The van der Waals surface area contributed by atoms with Gasteiger partial charge in [0, 0.05) is 38.9 Å². The number of anilines is 1. The predicted molar refractivity (Wildman–Crippen MR) is 106 cm³/mol. The highest BCUT2D eigenvalue weighted by Crippen LogP contribution is 2.47. The molecule has 0 N–H and O–H groups in total. The highest BCUT2D eigenvalue weighted by atomic mass is 19.3. The SMILES string of the molecule is CC(F)(F)c1cc(N2CCC3(CC2)O[C@@H]2CC[C@@H](c4ccccc4)N2C3=O)ncn1. The van der Waals surface area contributed by atoms with E-state index in [9.17, 15) is 13.6 Å².